The van der Waals surface area contributed by atoms with Gasteiger partial charge in [0.05, 0.1) is 6.54 Å². The average Bonchev–Trinajstić information content (AvgIpc) is 3.54. The lowest BCUT2D eigenvalue weighted by atomic mass is 9.95. The summed E-state index contributed by atoms with van der Waals surface area (Å²) >= 11 is 0. The number of nitrogens with one attached hydrogen (secondary N) is 2. The number of guanidine groups is 1. The van der Waals surface area contributed by atoms with Gasteiger partial charge in [-0.1, -0.05) is 13.3 Å². The lowest BCUT2D eigenvalue weighted by Gasteiger charge is -2.30. The molecule has 5 nitrogen and oxygen atoms in total. The Hall–Kier alpha value is 0.110. The van der Waals surface area contributed by atoms with E-state index in [1.54, 1.807) is 0 Å². The van der Waals surface area contributed by atoms with Crippen LogP contribution in [0.5, 0.6) is 0 Å². The van der Waals surface area contributed by atoms with Crippen LogP contribution in [0.3, 0.4) is 0 Å². The highest BCUT2D eigenvalue weighted by Crippen LogP contribution is 2.34. The summed E-state index contributed by atoms with van der Waals surface area (Å²) in [6.07, 6.45) is 10.1. The zero-order chi connectivity index (χ0) is 18.4. The summed E-state index contributed by atoms with van der Waals surface area (Å²) in [5.41, 5.74) is 0. The Morgan fingerprint density at radius 1 is 1.15 bits per heavy atom. The number of rotatable bonds is 10. The van der Waals surface area contributed by atoms with Crippen LogP contribution in [0.25, 0.3) is 0 Å². The SMILES string of the molecule is CCNC(=NCCN(CC1CC1)C1CC1)NC1CCCC(S(=O)CC)C1.I. The van der Waals surface area contributed by atoms with Gasteiger partial charge in [0, 0.05) is 53.5 Å². The van der Waals surface area contributed by atoms with E-state index in [1.165, 1.54) is 38.6 Å². The monoisotopic (exact) mass is 510 g/mol. The van der Waals surface area contributed by atoms with Crippen LogP contribution in [-0.2, 0) is 10.8 Å². The van der Waals surface area contributed by atoms with Crippen molar-refractivity contribution in [3.63, 3.8) is 0 Å². The number of hydrogen-bond donors (Lipinski definition) is 2. The fourth-order valence-corrected chi connectivity index (χ4v) is 5.40. The van der Waals surface area contributed by atoms with Gasteiger partial charge in [-0.15, -0.1) is 24.0 Å². The Labute approximate surface area is 185 Å². The second-order valence-electron chi connectivity index (χ2n) is 8.23. The Kier molecular flexibility index (Phi) is 10.4. The molecule has 3 aliphatic rings. The number of aliphatic imine (C=N–C) groups is 1. The zero-order valence-corrected chi connectivity index (χ0v) is 20.3. The van der Waals surface area contributed by atoms with Crippen LogP contribution < -0.4 is 10.6 Å². The molecule has 0 aliphatic heterocycles. The van der Waals surface area contributed by atoms with E-state index in [2.05, 4.69) is 22.5 Å². The zero-order valence-electron chi connectivity index (χ0n) is 17.1. The van der Waals surface area contributed by atoms with Gasteiger partial charge in [-0.05, 0) is 57.8 Å². The average molecular weight is 511 g/mol. The quantitative estimate of drug-likeness (QED) is 0.270. The Morgan fingerprint density at radius 2 is 1.93 bits per heavy atom. The molecule has 0 bridgehead atoms. The predicted molar refractivity (Wildman–Crippen MR) is 127 cm³/mol. The molecule has 0 aromatic rings. The summed E-state index contributed by atoms with van der Waals surface area (Å²) in [5.74, 6) is 2.69. The minimum Gasteiger partial charge on any atom is -0.357 e. The van der Waals surface area contributed by atoms with Gasteiger partial charge >= 0.3 is 0 Å². The van der Waals surface area contributed by atoms with Crippen molar-refractivity contribution < 1.29 is 4.21 Å². The van der Waals surface area contributed by atoms with Gasteiger partial charge in [0.1, 0.15) is 0 Å². The van der Waals surface area contributed by atoms with Gasteiger partial charge in [-0.25, -0.2) is 0 Å². The van der Waals surface area contributed by atoms with Crippen molar-refractivity contribution in [2.45, 2.75) is 82.5 Å². The summed E-state index contributed by atoms with van der Waals surface area (Å²) in [5, 5.41) is 7.39. The molecule has 3 aliphatic carbocycles. The molecule has 0 aromatic carbocycles. The second-order valence-corrected chi connectivity index (χ2v) is 10.2. The molecule has 0 saturated heterocycles. The largest absolute Gasteiger partial charge is 0.357 e. The summed E-state index contributed by atoms with van der Waals surface area (Å²) in [6, 6.07) is 1.25. The molecule has 3 fully saturated rings. The predicted octanol–water partition coefficient (Wildman–Crippen LogP) is 3.11. The molecule has 3 saturated carbocycles. The molecule has 7 heteroatoms. The van der Waals surface area contributed by atoms with Crippen LogP contribution in [0.2, 0.25) is 0 Å². The van der Waals surface area contributed by atoms with E-state index in [0.717, 1.165) is 62.6 Å². The van der Waals surface area contributed by atoms with Crippen molar-refractivity contribution in [3.8, 4) is 0 Å². The van der Waals surface area contributed by atoms with E-state index < -0.39 is 10.8 Å². The first-order valence-corrected chi connectivity index (χ1v) is 12.2. The molecule has 158 valence electrons. The Morgan fingerprint density at radius 3 is 2.56 bits per heavy atom. The van der Waals surface area contributed by atoms with Crippen molar-refractivity contribution in [1.82, 2.24) is 15.5 Å². The second kappa shape index (κ2) is 12.0. The maximum absolute atomic E-state index is 12.2. The molecule has 3 unspecified atom stereocenters. The Bertz CT molecular complexity index is 496. The van der Waals surface area contributed by atoms with E-state index in [-0.39, 0.29) is 24.0 Å². The van der Waals surface area contributed by atoms with Crippen molar-refractivity contribution in [1.29, 1.82) is 0 Å². The highest BCUT2D eigenvalue weighted by molar-refractivity contribution is 14.0. The topological polar surface area (TPSA) is 56.7 Å². The standard InChI is InChI=1S/C20H38N4OS.HI/c1-3-21-20(23-17-6-5-7-19(14-17)26(25)4-2)22-12-13-24(18-10-11-18)15-16-8-9-16;/h16-19H,3-15H2,1-2H3,(H2,21,22,23);1H. The maximum Gasteiger partial charge on any atom is 0.191 e. The van der Waals surface area contributed by atoms with Crippen LogP contribution in [0.4, 0.5) is 0 Å². The van der Waals surface area contributed by atoms with Crippen LogP contribution in [0, 0.1) is 5.92 Å². The van der Waals surface area contributed by atoms with E-state index >= 15 is 0 Å². The van der Waals surface area contributed by atoms with Crippen molar-refractivity contribution in [2.75, 3.05) is 31.9 Å². The summed E-state index contributed by atoms with van der Waals surface area (Å²) < 4.78 is 12.2. The van der Waals surface area contributed by atoms with Crippen molar-refractivity contribution in [3.05, 3.63) is 0 Å². The number of hydrogen-bond acceptors (Lipinski definition) is 3. The van der Waals surface area contributed by atoms with Crippen LogP contribution in [0.15, 0.2) is 4.99 Å². The molecule has 27 heavy (non-hydrogen) atoms. The smallest absolute Gasteiger partial charge is 0.191 e. The number of halogens is 1. The van der Waals surface area contributed by atoms with Gasteiger partial charge < -0.3 is 10.6 Å². The third-order valence-corrected chi connectivity index (χ3v) is 7.62. The number of nitrogens with zero attached hydrogens (tertiary/aromatic N) is 2. The molecule has 0 amide bonds. The highest BCUT2D eigenvalue weighted by Gasteiger charge is 2.33. The van der Waals surface area contributed by atoms with E-state index in [9.17, 15) is 4.21 Å². The summed E-state index contributed by atoms with van der Waals surface area (Å²) in [4.78, 5) is 7.52. The summed E-state index contributed by atoms with van der Waals surface area (Å²) in [6.45, 7) is 8.29. The molecular formula is C20H39IN4OS. The van der Waals surface area contributed by atoms with Gasteiger partial charge in [0.2, 0.25) is 0 Å². The van der Waals surface area contributed by atoms with Crippen molar-refractivity contribution in [2.24, 2.45) is 10.9 Å². The fourth-order valence-electron chi connectivity index (χ4n) is 4.05. The van der Waals surface area contributed by atoms with Gasteiger partial charge in [-0.3, -0.25) is 14.1 Å². The van der Waals surface area contributed by atoms with E-state index in [1.807, 2.05) is 6.92 Å². The summed E-state index contributed by atoms with van der Waals surface area (Å²) in [7, 11) is -0.669. The molecule has 0 radical (unpaired) electrons. The third-order valence-electron chi connectivity index (χ3n) is 5.88. The molecule has 0 spiro atoms. The molecule has 3 atom stereocenters. The Balaban J connectivity index is 0.00000261. The fraction of sp³-hybridized carbons (Fsp3) is 0.950. The van der Waals surface area contributed by atoms with E-state index in [0.29, 0.717) is 11.3 Å². The molecule has 3 rings (SSSR count). The van der Waals surface area contributed by atoms with Crippen LogP contribution in [-0.4, -0.2) is 64.3 Å². The van der Waals surface area contributed by atoms with Gasteiger partial charge in [-0.2, -0.15) is 0 Å². The molecule has 2 N–H and O–H groups in total. The molecule has 0 aromatic heterocycles. The minimum atomic E-state index is -0.669. The first kappa shape index (κ1) is 23.4. The van der Waals surface area contributed by atoms with E-state index in [4.69, 9.17) is 4.99 Å². The molecule has 0 heterocycles. The normalized spacial score (nSPS) is 27.1. The van der Waals surface area contributed by atoms with Gasteiger partial charge in [0.25, 0.3) is 0 Å². The maximum atomic E-state index is 12.2. The van der Waals surface area contributed by atoms with Crippen LogP contribution in [0.1, 0.15) is 65.2 Å². The first-order chi connectivity index (χ1) is 12.7. The molecular weight excluding hydrogens is 471 g/mol. The van der Waals surface area contributed by atoms with Crippen molar-refractivity contribution >= 4 is 40.7 Å². The lowest BCUT2D eigenvalue weighted by Crippen LogP contribution is -2.47. The first-order valence-electron chi connectivity index (χ1n) is 10.9. The van der Waals surface area contributed by atoms with Crippen LogP contribution >= 0.6 is 24.0 Å². The lowest BCUT2D eigenvalue weighted by molar-refractivity contribution is 0.260. The van der Waals surface area contributed by atoms with Gasteiger partial charge in [0.15, 0.2) is 5.96 Å². The third kappa shape index (κ3) is 8.17. The minimum absolute atomic E-state index is 0. The highest BCUT2D eigenvalue weighted by atomic mass is 127.